The molecule has 0 aliphatic carbocycles. The van der Waals surface area contributed by atoms with Gasteiger partial charge in [0.25, 0.3) is 5.91 Å². The number of hydrogen-bond acceptors (Lipinski definition) is 6. The van der Waals surface area contributed by atoms with Crippen molar-refractivity contribution in [3.05, 3.63) is 80.3 Å². The minimum Gasteiger partial charge on any atom is -0.336 e. The Morgan fingerprint density at radius 3 is 2.31 bits per heavy atom. The number of benzene rings is 2. The van der Waals surface area contributed by atoms with Gasteiger partial charge in [-0.1, -0.05) is 61.3 Å². The molecule has 2 N–H and O–H groups in total. The number of amides is 2. The molecule has 0 aromatic heterocycles. The molecule has 2 aromatic carbocycles. The average Bonchev–Trinajstić information content (AvgIpc) is 3.71. The Morgan fingerprint density at radius 2 is 1.71 bits per heavy atom. The number of carbonyl (C=O) groups excluding carboxylic acids is 2. The van der Waals surface area contributed by atoms with E-state index in [0.717, 1.165) is 22.0 Å². The summed E-state index contributed by atoms with van der Waals surface area (Å²) in [6, 6.07) is 13.9. The zero-order valence-electron chi connectivity index (χ0n) is 23.8. The zero-order chi connectivity index (χ0) is 29.9. The second-order valence-corrected chi connectivity index (χ2v) is 13.8. The lowest BCUT2D eigenvalue weighted by Gasteiger charge is -2.37. The first-order valence-electron chi connectivity index (χ1n) is 14.3. The number of fused-ring (bicyclic) bond motifs is 1. The quantitative estimate of drug-likeness (QED) is 0.456. The van der Waals surface area contributed by atoms with Crippen LogP contribution in [0.15, 0.2) is 64.1 Å². The van der Waals surface area contributed by atoms with Crippen molar-refractivity contribution in [2.75, 3.05) is 19.6 Å². The lowest BCUT2D eigenvalue weighted by atomic mass is 9.81. The number of thioether (sulfide) groups is 1. The molecule has 4 aliphatic rings. The van der Waals surface area contributed by atoms with E-state index in [0.29, 0.717) is 34.3 Å². The van der Waals surface area contributed by atoms with Gasteiger partial charge in [0.1, 0.15) is 22.7 Å². The van der Waals surface area contributed by atoms with Gasteiger partial charge in [0.2, 0.25) is 5.91 Å². The fraction of sp³-hybridized carbons (Fsp3) is 0.452. The van der Waals surface area contributed by atoms with Crippen molar-refractivity contribution < 1.29 is 14.0 Å². The molecule has 2 aromatic rings. The Balaban J connectivity index is 1.38. The third-order valence-corrected chi connectivity index (χ3v) is 10.3. The largest absolute Gasteiger partial charge is 0.336 e. The van der Waals surface area contributed by atoms with Crippen molar-refractivity contribution in [2.45, 2.75) is 63.4 Å². The molecule has 222 valence electrons. The van der Waals surface area contributed by atoms with Crippen LogP contribution in [0.1, 0.15) is 50.8 Å². The lowest BCUT2D eigenvalue weighted by Crippen LogP contribution is -2.48. The number of aliphatic imine (C=N–C) groups is 1. The Labute approximate surface area is 259 Å². The van der Waals surface area contributed by atoms with Gasteiger partial charge in [-0.3, -0.25) is 9.59 Å². The second kappa shape index (κ2) is 11.2. The average molecular weight is 631 g/mol. The minimum atomic E-state index is -1.25. The number of nitrogens with two attached hydrogens (primary N) is 1. The number of alkyl halides is 1. The van der Waals surface area contributed by atoms with Crippen molar-refractivity contribution in [1.82, 2.24) is 14.7 Å². The van der Waals surface area contributed by atoms with Gasteiger partial charge in [0.15, 0.2) is 5.17 Å². The summed E-state index contributed by atoms with van der Waals surface area (Å²) in [6.45, 7) is 6.87. The number of amidine groups is 1. The maximum absolute atomic E-state index is 14.3. The molecule has 2 amide bonds. The first kappa shape index (κ1) is 29.5. The molecule has 2 unspecified atom stereocenters. The molecule has 5 atom stereocenters. The van der Waals surface area contributed by atoms with Crippen LogP contribution in [0.2, 0.25) is 10.0 Å². The van der Waals surface area contributed by atoms with E-state index in [-0.39, 0.29) is 36.9 Å². The fourth-order valence-electron chi connectivity index (χ4n) is 6.64. The molecule has 0 bridgehead atoms. The number of rotatable bonds is 5. The smallest absolute Gasteiger partial charge is 0.263 e. The summed E-state index contributed by atoms with van der Waals surface area (Å²) in [5, 5.41) is 2.03. The monoisotopic (exact) mass is 629 g/mol. The lowest BCUT2D eigenvalue weighted by molar-refractivity contribution is -0.141. The molecule has 42 heavy (non-hydrogen) atoms. The summed E-state index contributed by atoms with van der Waals surface area (Å²) in [6.07, 6.45) is 0.0163. The highest BCUT2D eigenvalue weighted by atomic mass is 35.5. The van der Waals surface area contributed by atoms with Crippen LogP contribution in [0.25, 0.3) is 0 Å². The van der Waals surface area contributed by atoms with Crippen molar-refractivity contribution in [1.29, 1.82) is 0 Å². The Morgan fingerprint density at radius 1 is 1.07 bits per heavy atom. The van der Waals surface area contributed by atoms with Gasteiger partial charge in [0.05, 0.1) is 18.6 Å². The highest BCUT2D eigenvalue weighted by Gasteiger charge is 2.54. The summed E-state index contributed by atoms with van der Waals surface area (Å²) in [4.78, 5) is 38.9. The first-order chi connectivity index (χ1) is 20.0. The van der Waals surface area contributed by atoms with Gasteiger partial charge in [-0.25, -0.2) is 9.38 Å². The normalized spacial score (nSPS) is 29.1. The molecule has 0 radical (unpaired) electrons. The van der Waals surface area contributed by atoms with E-state index in [1.807, 2.05) is 48.5 Å². The number of likely N-dealkylation sites (tertiary alicyclic amines) is 2. The maximum atomic E-state index is 14.3. The third-order valence-electron chi connectivity index (χ3n) is 8.77. The van der Waals surface area contributed by atoms with Crippen LogP contribution in [0.3, 0.4) is 0 Å². The summed E-state index contributed by atoms with van der Waals surface area (Å²) in [7, 11) is 0. The van der Waals surface area contributed by atoms with Crippen LogP contribution in [-0.4, -0.2) is 69.6 Å². The Kier molecular flexibility index (Phi) is 7.83. The molecule has 2 fully saturated rings. The SMILES string of the molecule is CC(C)C1=C(C(=O)N2CCC[C@H]2C(=O)N2CC(N)C(F)C2)SC2=N[C@@](C)(c3ccc(Cl)cc3)[C@@H](c3ccc(Cl)cc3)N21. The zero-order valence-corrected chi connectivity index (χ0v) is 26.1. The third kappa shape index (κ3) is 4.92. The highest BCUT2D eigenvalue weighted by Crippen LogP contribution is 2.56. The molecule has 11 heteroatoms. The fourth-order valence-corrected chi connectivity index (χ4v) is 8.26. The van der Waals surface area contributed by atoms with Crippen LogP contribution in [-0.2, 0) is 15.1 Å². The van der Waals surface area contributed by atoms with Gasteiger partial charge >= 0.3 is 0 Å². The standard InChI is InChI=1S/C31H34Cl2FN5O2S/c1-17(2)25-26(29(41)38-14-4-5-24(38)28(40)37-15-22(34)23(35)16-37)42-30-36-31(3,19-8-12-21(33)13-9-19)27(39(25)30)18-6-10-20(32)11-7-18/h6-13,17,22-24,27H,4-5,14-16,35H2,1-3H3/t22?,23?,24-,27+,31-/m0/s1. The van der Waals surface area contributed by atoms with Crippen molar-refractivity contribution in [2.24, 2.45) is 16.6 Å². The van der Waals surface area contributed by atoms with Crippen LogP contribution in [0.4, 0.5) is 4.39 Å². The number of carbonyl (C=O) groups is 2. The van der Waals surface area contributed by atoms with E-state index < -0.39 is 23.8 Å². The van der Waals surface area contributed by atoms with E-state index in [9.17, 15) is 14.0 Å². The number of hydrogen-bond donors (Lipinski definition) is 1. The summed E-state index contributed by atoms with van der Waals surface area (Å²) >= 11 is 13.9. The molecule has 7 nitrogen and oxygen atoms in total. The van der Waals surface area contributed by atoms with Gasteiger partial charge in [0, 0.05) is 28.8 Å². The van der Waals surface area contributed by atoms with Gasteiger partial charge < -0.3 is 20.4 Å². The molecular formula is C31H34Cl2FN5O2S. The molecule has 6 rings (SSSR count). The number of nitrogens with zero attached hydrogens (tertiary/aromatic N) is 4. The number of allylic oxidation sites excluding steroid dienone is 1. The number of halogens is 3. The molecule has 4 aliphatic heterocycles. The molecular weight excluding hydrogens is 596 g/mol. The van der Waals surface area contributed by atoms with Crippen LogP contribution < -0.4 is 5.73 Å². The van der Waals surface area contributed by atoms with E-state index >= 15 is 0 Å². The van der Waals surface area contributed by atoms with E-state index in [2.05, 4.69) is 25.7 Å². The van der Waals surface area contributed by atoms with Gasteiger partial charge in [-0.05, 0) is 72.8 Å². The Hall–Kier alpha value is -2.59. The second-order valence-electron chi connectivity index (χ2n) is 11.9. The van der Waals surface area contributed by atoms with E-state index in [4.69, 9.17) is 33.9 Å². The predicted octanol–water partition coefficient (Wildman–Crippen LogP) is 5.73. The van der Waals surface area contributed by atoms with Crippen LogP contribution in [0.5, 0.6) is 0 Å². The summed E-state index contributed by atoms with van der Waals surface area (Å²) in [5.41, 5.74) is 8.09. The van der Waals surface area contributed by atoms with E-state index in [1.54, 1.807) is 4.90 Å². The predicted molar refractivity (Wildman–Crippen MR) is 166 cm³/mol. The van der Waals surface area contributed by atoms with Gasteiger partial charge in [-0.2, -0.15) is 0 Å². The summed E-state index contributed by atoms with van der Waals surface area (Å²) in [5.74, 6) is -0.412. The van der Waals surface area contributed by atoms with Crippen molar-refractivity contribution in [3.8, 4) is 0 Å². The van der Waals surface area contributed by atoms with Crippen molar-refractivity contribution in [3.63, 3.8) is 0 Å². The van der Waals surface area contributed by atoms with Crippen LogP contribution in [0, 0.1) is 5.92 Å². The van der Waals surface area contributed by atoms with E-state index in [1.165, 1.54) is 16.7 Å². The van der Waals surface area contributed by atoms with Crippen LogP contribution >= 0.6 is 35.0 Å². The molecule has 0 spiro atoms. The highest BCUT2D eigenvalue weighted by molar-refractivity contribution is 8.18. The summed E-state index contributed by atoms with van der Waals surface area (Å²) < 4.78 is 14.1. The molecule has 4 heterocycles. The first-order valence-corrected chi connectivity index (χ1v) is 15.9. The topological polar surface area (TPSA) is 82.2 Å². The maximum Gasteiger partial charge on any atom is 0.263 e. The van der Waals surface area contributed by atoms with Gasteiger partial charge in [-0.15, -0.1) is 0 Å². The molecule has 2 saturated heterocycles. The molecule has 0 saturated carbocycles. The van der Waals surface area contributed by atoms with Crippen molar-refractivity contribution >= 4 is 51.9 Å². The minimum absolute atomic E-state index is 0.00727. The Bertz CT molecular complexity index is 1460.